The number of hydrogen-bond acceptors (Lipinski definition) is 2. The third-order valence-electron chi connectivity index (χ3n) is 5.72. The molecule has 0 aromatic heterocycles. The highest BCUT2D eigenvalue weighted by Gasteiger charge is 2.24. The van der Waals surface area contributed by atoms with E-state index in [1.165, 1.54) is 55.6 Å². The zero-order valence-corrected chi connectivity index (χ0v) is 14.4. The third-order valence-corrected chi connectivity index (χ3v) is 5.72. The van der Waals surface area contributed by atoms with Crippen LogP contribution in [0.2, 0.25) is 0 Å². The molecular formula is C22H27NO. The van der Waals surface area contributed by atoms with Gasteiger partial charge in [-0.05, 0) is 61.5 Å². The van der Waals surface area contributed by atoms with Crippen LogP contribution in [0.5, 0.6) is 0 Å². The molecule has 2 heterocycles. The lowest BCUT2D eigenvalue weighted by atomic mass is 9.88. The number of rotatable bonds is 4. The average molecular weight is 321 g/mol. The molecule has 2 aliphatic rings. The quantitative estimate of drug-likeness (QED) is 0.818. The number of nitrogens with zero attached hydrogens (tertiary/aromatic N) is 1. The fourth-order valence-electron chi connectivity index (χ4n) is 4.26. The monoisotopic (exact) mass is 321 g/mol. The van der Waals surface area contributed by atoms with E-state index in [2.05, 4.69) is 59.5 Å². The summed E-state index contributed by atoms with van der Waals surface area (Å²) in [6.07, 6.45) is 3.80. The molecular weight excluding hydrogens is 294 g/mol. The Kier molecular flexibility index (Phi) is 4.96. The zero-order valence-electron chi connectivity index (χ0n) is 14.4. The average Bonchev–Trinajstić information content (AvgIpc) is 2.67. The van der Waals surface area contributed by atoms with E-state index in [4.69, 9.17) is 4.74 Å². The summed E-state index contributed by atoms with van der Waals surface area (Å²) in [5, 5.41) is 0. The molecule has 2 aliphatic heterocycles. The molecule has 0 spiro atoms. The molecule has 1 saturated heterocycles. The third kappa shape index (κ3) is 3.55. The zero-order chi connectivity index (χ0) is 16.2. The summed E-state index contributed by atoms with van der Waals surface area (Å²) in [4.78, 5) is 2.65. The molecule has 0 unspecified atom stereocenters. The topological polar surface area (TPSA) is 12.5 Å². The molecule has 0 aliphatic carbocycles. The van der Waals surface area contributed by atoms with Crippen molar-refractivity contribution in [2.45, 2.75) is 37.7 Å². The molecule has 126 valence electrons. The van der Waals surface area contributed by atoms with Gasteiger partial charge in [0, 0.05) is 5.92 Å². The number of likely N-dealkylation sites (tertiary alicyclic amines) is 1. The molecule has 1 atom stereocenters. The first-order valence-corrected chi connectivity index (χ1v) is 9.33. The second-order valence-electron chi connectivity index (χ2n) is 7.23. The van der Waals surface area contributed by atoms with Gasteiger partial charge in [0.2, 0.25) is 0 Å². The van der Waals surface area contributed by atoms with Crippen LogP contribution in [0.3, 0.4) is 0 Å². The van der Waals surface area contributed by atoms with Crippen LogP contribution in [0, 0.1) is 0 Å². The number of fused-ring (bicyclic) bond motifs is 1. The predicted molar refractivity (Wildman–Crippen MR) is 98.3 cm³/mol. The second-order valence-corrected chi connectivity index (χ2v) is 7.23. The van der Waals surface area contributed by atoms with Crippen LogP contribution >= 0.6 is 0 Å². The largest absolute Gasteiger partial charge is 0.376 e. The van der Waals surface area contributed by atoms with Gasteiger partial charge in [0.05, 0.1) is 13.2 Å². The Bertz CT molecular complexity index is 646. The maximum atomic E-state index is 5.80. The second kappa shape index (κ2) is 7.50. The molecule has 2 aromatic carbocycles. The molecule has 0 amide bonds. The summed E-state index contributed by atoms with van der Waals surface area (Å²) in [6.45, 7) is 5.33. The van der Waals surface area contributed by atoms with Gasteiger partial charge in [-0.25, -0.2) is 0 Å². The minimum absolute atomic E-state index is 0.571. The van der Waals surface area contributed by atoms with Crippen LogP contribution in [0.1, 0.15) is 47.8 Å². The van der Waals surface area contributed by atoms with Gasteiger partial charge in [0.1, 0.15) is 0 Å². The fraction of sp³-hybridized carbons (Fsp3) is 0.455. The van der Waals surface area contributed by atoms with Crippen LogP contribution in [-0.2, 0) is 11.3 Å². The maximum absolute atomic E-state index is 5.80. The standard InChI is InChI=1S/C22H27NO/c1-2-6-18(7-3-1)19-10-13-23(14-11-19)15-12-21-17-24-16-20-8-4-5-9-22(20)21/h1-9,19,21H,10-17H2/t21-/m0/s1. The summed E-state index contributed by atoms with van der Waals surface area (Å²) >= 11 is 0. The molecule has 24 heavy (non-hydrogen) atoms. The van der Waals surface area contributed by atoms with Gasteiger partial charge in [0.25, 0.3) is 0 Å². The van der Waals surface area contributed by atoms with Crippen molar-refractivity contribution in [1.29, 1.82) is 0 Å². The van der Waals surface area contributed by atoms with Crippen molar-refractivity contribution in [1.82, 2.24) is 4.90 Å². The van der Waals surface area contributed by atoms with Crippen molar-refractivity contribution in [3.8, 4) is 0 Å². The Balaban J connectivity index is 1.29. The minimum Gasteiger partial charge on any atom is -0.376 e. The lowest BCUT2D eigenvalue weighted by Gasteiger charge is -2.34. The fourth-order valence-corrected chi connectivity index (χ4v) is 4.26. The lowest BCUT2D eigenvalue weighted by Crippen LogP contribution is -2.35. The number of ether oxygens (including phenoxy) is 1. The van der Waals surface area contributed by atoms with Gasteiger partial charge in [-0.15, -0.1) is 0 Å². The first-order valence-electron chi connectivity index (χ1n) is 9.33. The molecule has 0 N–H and O–H groups in total. The van der Waals surface area contributed by atoms with Gasteiger partial charge in [-0.3, -0.25) is 0 Å². The Morgan fingerprint density at radius 1 is 0.917 bits per heavy atom. The Labute approximate surface area is 145 Å². The van der Waals surface area contributed by atoms with Crippen LogP contribution in [0.25, 0.3) is 0 Å². The van der Waals surface area contributed by atoms with Crippen LogP contribution in [-0.4, -0.2) is 31.1 Å². The molecule has 2 aromatic rings. The number of piperidine rings is 1. The van der Waals surface area contributed by atoms with Crippen molar-refractivity contribution in [2.24, 2.45) is 0 Å². The smallest absolute Gasteiger partial charge is 0.0719 e. The highest BCUT2D eigenvalue weighted by Crippen LogP contribution is 2.31. The van der Waals surface area contributed by atoms with E-state index in [1.54, 1.807) is 0 Å². The van der Waals surface area contributed by atoms with E-state index in [0.717, 1.165) is 19.1 Å². The maximum Gasteiger partial charge on any atom is 0.0719 e. The van der Waals surface area contributed by atoms with Crippen LogP contribution in [0.15, 0.2) is 54.6 Å². The van der Waals surface area contributed by atoms with E-state index in [9.17, 15) is 0 Å². The predicted octanol–water partition coefficient (Wildman–Crippen LogP) is 4.57. The van der Waals surface area contributed by atoms with E-state index < -0.39 is 0 Å². The van der Waals surface area contributed by atoms with Crippen molar-refractivity contribution in [2.75, 3.05) is 26.2 Å². The molecule has 0 bridgehead atoms. The molecule has 0 radical (unpaired) electrons. The van der Waals surface area contributed by atoms with Crippen LogP contribution < -0.4 is 0 Å². The van der Waals surface area contributed by atoms with Crippen LogP contribution in [0.4, 0.5) is 0 Å². The highest BCUT2D eigenvalue weighted by molar-refractivity contribution is 5.31. The first-order chi connectivity index (χ1) is 11.9. The summed E-state index contributed by atoms with van der Waals surface area (Å²) in [5.41, 5.74) is 4.42. The lowest BCUT2D eigenvalue weighted by molar-refractivity contribution is 0.0836. The van der Waals surface area contributed by atoms with Crippen molar-refractivity contribution >= 4 is 0 Å². The van der Waals surface area contributed by atoms with Crippen molar-refractivity contribution in [3.05, 3.63) is 71.3 Å². The van der Waals surface area contributed by atoms with E-state index in [1.807, 2.05) is 0 Å². The highest BCUT2D eigenvalue weighted by atomic mass is 16.5. The van der Waals surface area contributed by atoms with Gasteiger partial charge >= 0.3 is 0 Å². The molecule has 2 nitrogen and oxygen atoms in total. The number of benzene rings is 2. The molecule has 2 heteroatoms. The Hall–Kier alpha value is -1.64. The van der Waals surface area contributed by atoms with Crippen molar-refractivity contribution < 1.29 is 4.74 Å². The van der Waals surface area contributed by atoms with E-state index >= 15 is 0 Å². The molecule has 1 fully saturated rings. The molecule has 0 saturated carbocycles. The van der Waals surface area contributed by atoms with Crippen molar-refractivity contribution in [3.63, 3.8) is 0 Å². The summed E-state index contributed by atoms with van der Waals surface area (Å²) in [6, 6.07) is 19.8. The Morgan fingerprint density at radius 2 is 1.67 bits per heavy atom. The summed E-state index contributed by atoms with van der Waals surface area (Å²) in [7, 11) is 0. The first kappa shape index (κ1) is 15.9. The Morgan fingerprint density at radius 3 is 2.50 bits per heavy atom. The van der Waals surface area contributed by atoms with Gasteiger partial charge < -0.3 is 9.64 Å². The van der Waals surface area contributed by atoms with Gasteiger partial charge in [-0.1, -0.05) is 54.6 Å². The molecule has 4 rings (SSSR count). The summed E-state index contributed by atoms with van der Waals surface area (Å²) < 4.78 is 5.80. The number of hydrogen-bond donors (Lipinski definition) is 0. The van der Waals surface area contributed by atoms with E-state index in [-0.39, 0.29) is 0 Å². The minimum atomic E-state index is 0.571. The van der Waals surface area contributed by atoms with Gasteiger partial charge in [0.15, 0.2) is 0 Å². The van der Waals surface area contributed by atoms with Gasteiger partial charge in [-0.2, -0.15) is 0 Å². The summed E-state index contributed by atoms with van der Waals surface area (Å²) in [5.74, 6) is 1.32. The SMILES string of the molecule is c1ccc(C2CCN(CC[C@H]3COCc4ccccc43)CC2)cc1. The van der Waals surface area contributed by atoms with E-state index in [0.29, 0.717) is 5.92 Å². The normalized spacial score (nSPS) is 22.2.